The molecule has 1 heterocycles. The lowest BCUT2D eigenvalue weighted by atomic mass is 10.2. The van der Waals surface area contributed by atoms with Gasteiger partial charge in [-0.05, 0) is 32.9 Å². The number of rotatable bonds is 7. The molecule has 0 bridgehead atoms. The average Bonchev–Trinajstić information content (AvgIpc) is 2.79. The number of hydrogen-bond acceptors (Lipinski definition) is 3. The van der Waals surface area contributed by atoms with Crippen LogP contribution in [0.3, 0.4) is 0 Å². The molecule has 0 fully saturated rings. The van der Waals surface area contributed by atoms with Crippen LogP contribution in [0.25, 0.3) is 0 Å². The summed E-state index contributed by atoms with van der Waals surface area (Å²) >= 11 is 0. The summed E-state index contributed by atoms with van der Waals surface area (Å²) in [5.41, 5.74) is 0. The maximum absolute atomic E-state index is 12.4. The molecule has 19 heavy (non-hydrogen) atoms. The zero-order valence-electron chi connectivity index (χ0n) is 11.5. The normalized spacial score (nSPS) is 14.3. The van der Waals surface area contributed by atoms with Crippen molar-refractivity contribution < 1.29 is 17.6 Å². The van der Waals surface area contributed by atoms with Gasteiger partial charge in [0.25, 0.3) is 0 Å². The zero-order valence-corrected chi connectivity index (χ0v) is 11.5. The van der Waals surface area contributed by atoms with Crippen LogP contribution in [0, 0.1) is 0 Å². The van der Waals surface area contributed by atoms with Gasteiger partial charge in [0, 0.05) is 19.1 Å². The summed E-state index contributed by atoms with van der Waals surface area (Å²) in [4.78, 5) is 1.40. The van der Waals surface area contributed by atoms with Crippen LogP contribution < -0.4 is 5.32 Å². The Morgan fingerprint density at radius 2 is 2.00 bits per heavy atom. The Bertz CT molecular complexity index is 349. The maximum atomic E-state index is 12.4. The van der Waals surface area contributed by atoms with Gasteiger partial charge in [0.1, 0.15) is 5.76 Å². The van der Waals surface area contributed by atoms with Gasteiger partial charge in [-0.1, -0.05) is 0 Å². The van der Waals surface area contributed by atoms with Gasteiger partial charge in [0.2, 0.25) is 0 Å². The Labute approximate surface area is 111 Å². The van der Waals surface area contributed by atoms with Crippen LogP contribution in [0.2, 0.25) is 0 Å². The molecular formula is C13H21F3N2O. The monoisotopic (exact) mass is 278 g/mol. The van der Waals surface area contributed by atoms with Crippen molar-refractivity contribution >= 4 is 0 Å². The Balaban J connectivity index is 2.36. The Kier molecular flexibility index (Phi) is 5.87. The number of nitrogens with one attached hydrogen (secondary N) is 1. The number of nitrogens with zero attached hydrogens (tertiary/aromatic N) is 1. The van der Waals surface area contributed by atoms with Gasteiger partial charge >= 0.3 is 6.18 Å². The van der Waals surface area contributed by atoms with Crippen molar-refractivity contribution in [2.75, 3.05) is 19.6 Å². The minimum Gasteiger partial charge on any atom is -0.468 e. The van der Waals surface area contributed by atoms with Gasteiger partial charge in [-0.15, -0.1) is 0 Å². The highest BCUT2D eigenvalue weighted by molar-refractivity contribution is 5.02. The van der Waals surface area contributed by atoms with E-state index in [-0.39, 0.29) is 12.1 Å². The fourth-order valence-electron chi connectivity index (χ4n) is 1.81. The lowest BCUT2D eigenvalue weighted by Crippen LogP contribution is -2.42. The predicted molar refractivity (Wildman–Crippen MR) is 67.9 cm³/mol. The first-order valence-corrected chi connectivity index (χ1v) is 6.37. The highest BCUT2D eigenvalue weighted by Crippen LogP contribution is 2.18. The molecule has 6 heteroatoms. The van der Waals surface area contributed by atoms with Crippen LogP contribution in [0.4, 0.5) is 13.2 Å². The second kappa shape index (κ2) is 6.96. The Morgan fingerprint density at radius 1 is 1.32 bits per heavy atom. The van der Waals surface area contributed by atoms with E-state index in [1.54, 1.807) is 26.2 Å². The standard InChI is InChI=1S/C13H21F3N2O/c1-10(2)18(9-13(14,15)16)7-6-17-11(3)12-5-4-8-19-12/h4-5,8,10-11,17H,6-7,9H2,1-3H3. The van der Waals surface area contributed by atoms with Crippen molar-refractivity contribution in [2.24, 2.45) is 0 Å². The van der Waals surface area contributed by atoms with Gasteiger partial charge in [-0.2, -0.15) is 13.2 Å². The van der Waals surface area contributed by atoms with Crippen LogP contribution >= 0.6 is 0 Å². The molecule has 1 N–H and O–H groups in total. The Hall–Kier alpha value is -1.01. The van der Waals surface area contributed by atoms with Gasteiger partial charge in [0.15, 0.2) is 0 Å². The van der Waals surface area contributed by atoms with E-state index >= 15 is 0 Å². The molecule has 0 saturated heterocycles. The number of alkyl halides is 3. The summed E-state index contributed by atoms with van der Waals surface area (Å²) in [5.74, 6) is 0.784. The molecule has 1 rings (SSSR count). The largest absolute Gasteiger partial charge is 0.468 e. The van der Waals surface area contributed by atoms with E-state index < -0.39 is 12.7 Å². The van der Waals surface area contributed by atoms with Gasteiger partial charge in [-0.3, -0.25) is 4.90 Å². The third-order valence-electron chi connectivity index (χ3n) is 2.93. The summed E-state index contributed by atoms with van der Waals surface area (Å²) < 4.78 is 42.4. The fourth-order valence-corrected chi connectivity index (χ4v) is 1.81. The minimum atomic E-state index is -4.16. The molecule has 1 aromatic heterocycles. The van der Waals surface area contributed by atoms with Crippen LogP contribution in [0.1, 0.15) is 32.6 Å². The minimum absolute atomic E-state index is 0.00472. The smallest absolute Gasteiger partial charge is 0.401 e. The maximum Gasteiger partial charge on any atom is 0.401 e. The average molecular weight is 278 g/mol. The Morgan fingerprint density at radius 3 is 2.47 bits per heavy atom. The molecule has 0 saturated carbocycles. The summed E-state index contributed by atoms with van der Waals surface area (Å²) in [6.07, 6.45) is -2.57. The topological polar surface area (TPSA) is 28.4 Å². The highest BCUT2D eigenvalue weighted by Gasteiger charge is 2.31. The molecular weight excluding hydrogens is 257 g/mol. The molecule has 1 aromatic rings. The molecule has 0 aromatic carbocycles. The SMILES string of the molecule is CC(NCCN(CC(F)(F)F)C(C)C)c1ccco1. The van der Waals surface area contributed by atoms with E-state index in [1.807, 2.05) is 13.0 Å². The van der Waals surface area contributed by atoms with E-state index in [2.05, 4.69) is 5.32 Å². The molecule has 110 valence electrons. The molecule has 0 aliphatic carbocycles. The third-order valence-corrected chi connectivity index (χ3v) is 2.93. The predicted octanol–water partition coefficient (Wildman–Crippen LogP) is 3.20. The van der Waals surface area contributed by atoms with E-state index in [0.29, 0.717) is 13.1 Å². The number of halogens is 3. The van der Waals surface area contributed by atoms with E-state index in [1.165, 1.54) is 4.90 Å². The van der Waals surface area contributed by atoms with Crippen molar-refractivity contribution in [1.82, 2.24) is 10.2 Å². The van der Waals surface area contributed by atoms with E-state index in [4.69, 9.17) is 4.42 Å². The van der Waals surface area contributed by atoms with E-state index in [0.717, 1.165) is 5.76 Å². The molecule has 0 spiro atoms. The summed E-state index contributed by atoms with van der Waals surface area (Å²) in [7, 11) is 0. The zero-order chi connectivity index (χ0) is 14.5. The lowest BCUT2D eigenvalue weighted by Gasteiger charge is -2.28. The van der Waals surface area contributed by atoms with E-state index in [9.17, 15) is 13.2 Å². The van der Waals surface area contributed by atoms with Gasteiger partial charge < -0.3 is 9.73 Å². The second-order valence-electron chi connectivity index (χ2n) is 4.87. The second-order valence-corrected chi connectivity index (χ2v) is 4.87. The first kappa shape index (κ1) is 16.0. The molecule has 3 nitrogen and oxygen atoms in total. The summed E-state index contributed by atoms with van der Waals surface area (Å²) in [5, 5.41) is 3.15. The van der Waals surface area contributed by atoms with Crippen molar-refractivity contribution in [1.29, 1.82) is 0 Å². The number of hydrogen-bond donors (Lipinski definition) is 1. The molecule has 0 radical (unpaired) electrons. The number of furan rings is 1. The summed E-state index contributed by atoms with van der Waals surface area (Å²) in [6.45, 7) is 5.41. The lowest BCUT2D eigenvalue weighted by molar-refractivity contribution is -0.149. The van der Waals surface area contributed by atoms with Crippen LogP contribution in [0.5, 0.6) is 0 Å². The van der Waals surface area contributed by atoms with Crippen molar-refractivity contribution in [3.8, 4) is 0 Å². The first-order chi connectivity index (χ1) is 8.79. The third kappa shape index (κ3) is 6.11. The first-order valence-electron chi connectivity index (χ1n) is 6.37. The molecule has 1 atom stereocenters. The van der Waals surface area contributed by atoms with Crippen LogP contribution in [0.15, 0.2) is 22.8 Å². The van der Waals surface area contributed by atoms with Crippen molar-refractivity contribution in [2.45, 2.75) is 39.0 Å². The molecule has 0 amide bonds. The highest BCUT2D eigenvalue weighted by atomic mass is 19.4. The molecule has 0 aliphatic heterocycles. The van der Waals surface area contributed by atoms with Crippen molar-refractivity contribution in [3.05, 3.63) is 24.2 Å². The summed E-state index contributed by atoms with van der Waals surface area (Å²) in [6, 6.07) is 3.49. The van der Waals surface area contributed by atoms with Gasteiger partial charge in [-0.25, -0.2) is 0 Å². The molecule has 1 unspecified atom stereocenters. The quantitative estimate of drug-likeness (QED) is 0.830. The van der Waals surface area contributed by atoms with Gasteiger partial charge in [0.05, 0.1) is 18.8 Å². The van der Waals surface area contributed by atoms with Crippen LogP contribution in [-0.2, 0) is 0 Å². The fraction of sp³-hybridized carbons (Fsp3) is 0.692. The van der Waals surface area contributed by atoms with Crippen molar-refractivity contribution in [3.63, 3.8) is 0 Å². The molecule has 0 aliphatic rings. The van der Waals surface area contributed by atoms with Crippen LogP contribution in [-0.4, -0.2) is 36.8 Å².